The molecule has 0 spiro atoms. The molecule has 0 bridgehead atoms. The third-order valence-corrected chi connectivity index (χ3v) is 4.49. The van der Waals surface area contributed by atoms with Crippen molar-refractivity contribution < 1.29 is 14.3 Å². The van der Waals surface area contributed by atoms with Gasteiger partial charge in [0.1, 0.15) is 0 Å². The Bertz CT molecular complexity index is 564. The van der Waals surface area contributed by atoms with Crippen LogP contribution in [0.15, 0.2) is 18.2 Å². The highest BCUT2D eigenvalue weighted by Gasteiger charge is 2.22. The Hall–Kier alpha value is -1.95. The Balaban J connectivity index is 1.40. The summed E-state index contributed by atoms with van der Waals surface area (Å²) in [7, 11) is 4.00. The molecule has 2 aliphatic heterocycles. The minimum Gasteiger partial charge on any atom is -0.454 e. The second-order valence-corrected chi connectivity index (χ2v) is 6.47. The Morgan fingerprint density at radius 3 is 3.00 bits per heavy atom. The fourth-order valence-electron chi connectivity index (χ4n) is 3.19. The van der Waals surface area contributed by atoms with Gasteiger partial charge < -0.3 is 24.6 Å². The predicted octanol–water partition coefficient (Wildman–Crippen LogP) is 1.55. The van der Waals surface area contributed by atoms with E-state index in [9.17, 15) is 4.79 Å². The zero-order chi connectivity index (χ0) is 16.2. The average Bonchev–Trinajstić information content (AvgIpc) is 3.15. The van der Waals surface area contributed by atoms with Crippen molar-refractivity contribution in [3.05, 3.63) is 23.8 Å². The van der Waals surface area contributed by atoms with Crippen LogP contribution in [0.2, 0.25) is 0 Å². The molecule has 1 saturated heterocycles. The van der Waals surface area contributed by atoms with E-state index in [1.807, 2.05) is 25.2 Å². The molecular formula is C17H25N3O3. The van der Waals surface area contributed by atoms with E-state index >= 15 is 0 Å². The lowest BCUT2D eigenvalue weighted by molar-refractivity contribution is 0.174. The van der Waals surface area contributed by atoms with Gasteiger partial charge in [-0.05, 0) is 50.0 Å². The van der Waals surface area contributed by atoms with E-state index in [4.69, 9.17) is 9.47 Å². The molecule has 1 atom stereocenters. The summed E-state index contributed by atoms with van der Waals surface area (Å²) in [6, 6.07) is 5.91. The van der Waals surface area contributed by atoms with E-state index in [0.29, 0.717) is 12.5 Å². The van der Waals surface area contributed by atoms with Crippen LogP contribution in [0.25, 0.3) is 0 Å². The molecule has 1 aromatic carbocycles. The van der Waals surface area contributed by atoms with Gasteiger partial charge in [-0.1, -0.05) is 6.07 Å². The summed E-state index contributed by atoms with van der Waals surface area (Å²) in [6.45, 7) is 3.93. The Morgan fingerprint density at radius 2 is 2.22 bits per heavy atom. The summed E-state index contributed by atoms with van der Waals surface area (Å²) >= 11 is 0. The molecule has 1 N–H and O–H groups in total. The Morgan fingerprint density at radius 1 is 1.39 bits per heavy atom. The lowest BCUT2D eigenvalue weighted by Crippen LogP contribution is -2.41. The van der Waals surface area contributed by atoms with Crippen molar-refractivity contribution in [3.63, 3.8) is 0 Å². The van der Waals surface area contributed by atoms with Crippen LogP contribution in [0, 0.1) is 5.92 Å². The number of fused-ring (bicyclic) bond motifs is 1. The first-order valence-electron chi connectivity index (χ1n) is 8.18. The smallest absolute Gasteiger partial charge is 0.317 e. The highest BCUT2D eigenvalue weighted by Crippen LogP contribution is 2.32. The number of urea groups is 1. The normalized spacial score (nSPS) is 19.8. The predicted molar refractivity (Wildman–Crippen MR) is 87.9 cm³/mol. The van der Waals surface area contributed by atoms with Gasteiger partial charge in [-0.3, -0.25) is 0 Å². The molecule has 1 aromatic rings. The lowest BCUT2D eigenvalue weighted by Gasteiger charge is -2.21. The SMILES string of the molecule is CN1CC[C@@H](CN(C)C(=O)NCCc2ccc3c(c2)OCO3)C1. The van der Waals surface area contributed by atoms with E-state index in [1.54, 1.807) is 4.90 Å². The molecule has 6 heteroatoms. The number of carbonyl (C=O) groups is 1. The molecule has 6 nitrogen and oxygen atoms in total. The first kappa shape index (κ1) is 15.9. The van der Waals surface area contributed by atoms with E-state index in [0.717, 1.165) is 43.1 Å². The minimum absolute atomic E-state index is 0.000274. The zero-order valence-corrected chi connectivity index (χ0v) is 13.9. The molecule has 1 fully saturated rings. The van der Waals surface area contributed by atoms with Gasteiger partial charge in [0.2, 0.25) is 6.79 Å². The van der Waals surface area contributed by atoms with Crippen molar-refractivity contribution in [2.45, 2.75) is 12.8 Å². The number of nitrogens with zero attached hydrogens (tertiary/aromatic N) is 2. The maximum absolute atomic E-state index is 12.1. The van der Waals surface area contributed by atoms with Crippen molar-refractivity contribution in [1.82, 2.24) is 15.1 Å². The highest BCUT2D eigenvalue weighted by molar-refractivity contribution is 5.73. The maximum Gasteiger partial charge on any atom is 0.317 e. The van der Waals surface area contributed by atoms with Gasteiger partial charge in [0.05, 0.1) is 0 Å². The maximum atomic E-state index is 12.1. The van der Waals surface area contributed by atoms with E-state index in [-0.39, 0.29) is 12.8 Å². The summed E-state index contributed by atoms with van der Waals surface area (Å²) in [5, 5.41) is 2.99. The molecule has 23 heavy (non-hydrogen) atoms. The number of likely N-dealkylation sites (tertiary alicyclic amines) is 1. The third-order valence-electron chi connectivity index (χ3n) is 4.49. The first-order valence-corrected chi connectivity index (χ1v) is 8.18. The van der Waals surface area contributed by atoms with Crippen molar-refractivity contribution in [3.8, 4) is 11.5 Å². The Kier molecular flexibility index (Phi) is 4.91. The number of hydrogen-bond acceptors (Lipinski definition) is 4. The lowest BCUT2D eigenvalue weighted by atomic mass is 10.1. The fraction of sp³-hybridized carbons (Fsp3) is 0.588. The van der Waals surface area contributed by atoms with Crippen LogP contribution < -0.4 is 14.8 Å². The fourth-order valence-corrected chi connectivity index (χ4v) is 3.19. The molecule has 3 rings (SSSR count). The van der Waals surface area contributed by atoms with Crippen LogP contribution in [0.5, 0.6) is 11.5 Å². The summed E-state index contributed by atoms with van der Waals surface area (Å²) in [4.78, 5) is 16.3. The summed E-state index contributed by atoms with van der Waals surface area (Å²) in [5.41, 5.74) is 1.13. The summed E-state index contributed by atoms with van der Waals surface area (Å²) in [5.74, 6) is 2.17. The van der Waals surface area contributed by atoms with Crippen molar-refractivity contribution in [2.24, 2.45) is 5.92 Å². The van der Waals surface area contributed by atoms with Crippen molar-refractivity contribution >= 4 is 6.03 Å². The van der Waals surface area contributed by atoms with Gasteiger partial charge in [0.15, 0.2) is 11.5 Å². The van der Waals surface area contributed by atoms with Gasteiger partial charge in [0, 0.05) is 26.7 Å². The minimum atomic E-state index is 0.000274. The molecule has 0 saturated carbocycles. The van der Waals surface area contributed by atoms with Crippen LogP contribution in [-0.4, -0.2) is 62.9 Å². The number of rotatable bonds is 5. The summed E-state index contributed by atoms with van der Waals surface area (Å²) < 4.78 is 10.7. The average molecular weight is 319 g/mol. The van der Waals surface area contributed by atoms with Gasteiger partial charge in [-0.25, -0.2) is 4.79 Å². The van der Waals surface area contributed by atoms with Crippen LogP contribution >= 0.6 is 0 Å². The quantitative estimate of drug-likeness (QED) is 0.895. The number of amides is 2. The van der Waals surface area contributed by atoms with Crippen LogP contribution in [0.1, 0.15) is 12.0 Å². The number of hydrogen-bond donors (Lipinski definition) is 1. The monoisotopic (exact) mass is 319 g/mol. The topological polar surface area (TPSA) is 54.0 Å². The van der Waals surface area contributed by atoms with Crippen molar-refractivity contribution in [1.29, 1.82) is 0 Å². The van der Waals surface area contributed by atoms with Gasteiger partial charge in [-0.15, -0.1) is 0 Å². The second-order valence-electron chi connectivity index (χ2n) is 6.47. The van der Waals surface area contributed by atoms with E-state index in [1.165, 1.54) is 6.42 Å². The highest BCUT2D eigenvalue weighted by atomic mass is 16.7. The first-order chi connectivity index (χ1) is 11.1. The molecule has 0 aromatic heterocycles. The van der Waals surface area contributed by atoms with E-state index < -0.39 is 0 Å². The standard InChI is InChI=1S/C17H25N3O3/c1-19-8-6-14(10-19)11-20(2)17(21)18-7-5-13-3-4-15-16(9-13)23-12-22-15/h3-4,9,14H,5-8,10-12H2,1-2H3,(H,18,21)/t14-/m1/s1. The van der Waals surface area contributed by atoms with Gasteiger partial charge in [-0.2, -0.15) is 0 Å². The van der Waals surface area contributed by atoms with Gasteiger partial charge in [0.25, 0.3) is 0 Å². The number of ether oxygens (including phenoxy) is 2. The molecule has 2 amide bonds. The van der Waals surface area contributed by atoms with Crippen LogP contribution in [-0.2, 0) is 6.42 Å². The van der Waals surface area contributed by atoms with Crippen LogP contribution in [0.3, 0.4) is 0 Å². The molecular weight excluding hydrogens is 294 g/mol. The third kappa shape index (κ3) is 4.07. The summed E-state index contributed by atoms with van der Waals surface area (Å²) in [6.07, 6.45) is 1.95. The number of benzene rings is 1. The Labute approximate surface area is 137 Å². The largest absolute Gasteiger partial charge is 0.454 e. The van der Waals surface area contributed by atoms with Crippen LogP contribution in [0.4, 0.5) is 4.79 Å². The zero-order valence-electron chi connectivity index (χ0n) is 13.9. The van der Waals surface area contributed by atoms with E-state index in [2.05, 4.69) is 17.3 Å². The molecule has 2 aliphatic rings. The molecule has 0 aliphatic carbocycles. The van der Waals surface area contributed by atoms with Gasteiger partial charge >= 0.3 is 6.03 Å². The molecule has 0 unspecified atom stereocenters. The molecule has 2 heterocycles. The number of nitrogens with one attached hydrogen (secondary N) is 1. The second kappa shape index (κ2) is 7.08. The number of carbonyl (C=O) groups excluding carboxylic acids is 1. The molecule has 126 valence electrons. The molecule has 0 radical (unpaired) electrons. The van der Waals surface area contributed by atoms with Crippen molar-refractivity contribution in [2.75, 3.05) is 47.1 Å².